The molecule has 2 unspecified atom stereocenters. The smallest absolute Gasteiger partial charge is 0.229 e. The van der Waals surface area contributed by atoms with Crippen molar-refractivity contribution in [2.24, 2.45) is 5.92 Å². The maximum absolute atomic E-state index is 11.5. The molecule has 2 fully saturated rings. The second kappa shape index (κ2) is 2.19. The Morgan fingerprint density at radius 2 is 2.00 bits per heavy atom. The second-order valence-corrected chi connectivity index (χ2v) is 6.09. The van der Waals surface area contributed by atoms with Crippen LogP contribution in [0.4, 0.5) is 0 Å². The van der Waals surface area contributed by atoms with E-state index in [1.807, 2.05) is 23.6 Å². The average molecular weight is 185 g/mol. The van der Waals surface area contributed by atoms with Gasteiger partial charge >= 0.3 is 0 Å². The number of hydrogen-bond donors (Lipinski definition) is 0. The molecule has 2 rings (SSSR count). The molecule has 0 aromatic carbocycles. The molecule has 0 radical (unpaired) electrons. The standard InChI is InChI=1S/C9H15NOS/c1-5-7(11)10-6(2)9(3,4)12-8(5)10/h5-6,8H,1-4H3/t5-,6?,8?/m1/s1. The van der Waals surface area contributed by atoms with Crippen LogP contribution >= 0.6 is 11.8 Å². The van der Waals surface area contributed by atoms with Gasteiger partial charge in [-0.1, -0.05) is 6.92 Å². The van der Waals surface area contributed by atoms with E-state index in [4.69, 9.17) is 0 Å². The zero-order valence-corrected chi connectivity index (χ0v) is 8.81. The first-order valence-electron chi connectivity index (χ1n) is 4.45. The first kappa shape index (κ1) is 8.42. The lowest BCUT2D eigenvalue weighted by molar-refractivity contribution is -0.151. The molecule has 12 heavy (non-hydrogen) atoms. The summed E-state index contributed by atoms with van der Waals surface area (Å²) in [7, 11) is 0. The molecule has 0 aromatic rings. The summed E-state index contributed by atoms with van der Waals surface area (Å²) < 4.78 is 0.241. The lowest BCUT2D eigenvalue weighted by Gasteiger charge is -2.42. The van der Waals surface area contributed by atoms with Gasteiger partial charge < -0.3 is 4.90 Å². The van der Waals surface area contributed by atoms with E-state index >= 15 is 0 Å². The lowest BCUT2D eigenvalue weighted by atomic mass is 9.94. The summed E-state index contributed by atoms with van der Waals surface area (Å²) in [6, 6.07) is 0.399. The highest BCUT2D eigenvalue weighted by Gasteiger charge is 2.57. The van der Waals surface area contributed by atoms with Gasteiger partial charge in [0.05, 0.1) is 11.3 Å². The van der Waals surface area contributed by atoms with Gasteiger partial charge in [-0.05, 0) is 20.8 Å². The Kier molecular flexibility index (Phi) is 1.54. The van der Waals surface area contributed by atoms with Crippen molar-refractivity contribution in [3.05, 3.63) is 0 Å². The fourth-order valence-electron chi connectivity index (χ4n) is 1.96. The molecule has 0 N–H and O–H groups in total. The van der Waals surface area contributed by atoms with Crippen molar-refractivity contribution < 1.29 is 4.79 Å². The maximum atomic E-state index is 11.5. The third-order valence-corrected chi connectivity index (χ3v) is 5.02. The SMILES string of the molecule is CC1N2C(=O)[C@@H](C)C2SC1(C)C. The first-order valence-corrected chi connectivity index (χ1v) is 5.33. The number of hydrogen-bond acceptors (Lipinski definition) is 2. The van der Waals surface area contributed by atoms with Crippen molar-refractivity contribution in [2.45, 2.75) is 43.9 Å². The van der Waals surface area contributed by atoms with Gasteiger partial charge in [-0.25, -0.2) is 0 Å². The summed E-state index contributed by atoms with van der Waals surface area (Å²) in [6.45, 7) is 8.63. The van der Waals surface area contributed by atoms with Crippen LogP contribution in [0.25, 0.3) is 0 Å². The van der Waals surface area contributed by atoms with Crippen LogP contribution in [-0.4, -0.2) is 27.0 Å². The monoisotopic (exact) mass is 185 g/mol. The van der Waals surface area contributed by atoms with Crippen LogP contribution in [0.1, 0.15) is 27.7 Å². The van der Waals surface area contributed by atoms with Gasteiger partial charge in [0.15, 0.2) is 0 Å². The quantitative estimate of drug-likeness (QED) is 0.535. The number of rotatable bonds is 0. The molecule has 2 saturated heterocycles. The van der Waals surface area contributed by atoms with E-state index in [0.717, 1.165) is 0 Å². The molecule has 1 amide bonds. The minimum Gasteiger partial charge on any atom is -0.325 e. The molecule has 68 valence electrons. The van der Waals surface area contributed by atoms with E-state index in [9.17, 15) is 4.79 Å². The largest absolute Gasteiger partial charge is 0.325 e. The predicted molar refractivity (Wildman–Crippen MR) is 50.9 cm³/mol. The van der Waals surface area contributed by atoms with E-state index in [0.29, 0.717) is 17.3 Å². The molecular weight excluding hydrogens is 170 g/mol. The van der Waals surface area contributed by atoms with Gasteiger partial charge in [0, 0.05) is 10.8 Å². The van der Waals surface area contributed by atoms with Crippen molar-refractivity contribution in [3.63, 3.8) is 0 Å². The maximum Gasteiger partial charge on any atom is 0.229 e. The van der Waals surface area contributed by atoms with E-state index in [1.54, 1.807) is 0 Å². The zero-order chi connectivity index (χ0) is 9.09. The molecular formula is C9H15NOS. The molecule has 3 atom stereocenters. The molecule has 2 aliphatic rings. The number of nitrogens with zero attached hydrogens (tertiary/aromatic N) is 1. The predicted octanol–water partition coefficient (Wildman–Crippen LogP) is 1.70. The number of β-lactam (4-membered cyclic amide) rings is 1. The summed E-state index contributed by atoms with van der Waals surface area (Å²) in [5.41, 5.74) is 0. The average Bonchev–Trinajstić information content (AvgIpc) is 2.21. The molecule has 0 spiro atoms. The van der Waals surface area contributed by atoms with E-state index in [2.05, 4.69) is 20.8 Å². The molecule has 0 bridgehead atoms. The topological polar surface area (TPSA) is 20.3 Å². The summed E-state index contributed by atoms with van der Waals surface area (Å²) in [5.74, 6) is 0.588. The zero-order valence-electron chi connectivity index (χ0n) is 8.00. The van der Waals surface area contributed by atoms with Crippen LogP contribution in [0, 0.1) is 5.92 Å². The second-order valence-electron chi connectivity index (χ2n) is 4.32. The van der Waals surface area contributed by atoms with Crippen molar-refractivity contribution >= 4 is 17.7 Å². The Hall–Kier alpha value is -0.180. The van der Waals surface area contributed by atoms with Gasteiger partial charge in [0.25, 0.3) is 0 Å². The van der Waals surface area contributed by atoms with Gasteiger partial charge in [0.1, 0.15) is 0 Å². The molecule has 2 aliphatic heterocycles. The number of amides is 1. The highest BCUT2D eigenvalue weighted by Crippen LogP contribution is 2.52. The Labute approximate surface area is 77.7 Å². The third kappa shape index (κ3) is 0.804. The number of thioether (sulfide) groups is 1. The van der Waals surface area contributed by atoms with Gasteiger partial charge in [-0.2, -0.15) is 0 Å². The van der Waals surface area contributed by atoms with Gasteiger partial charge in [-0.3, -0.25) is 4.79 Å². The van der Waals surface area contributed by atoms with Crippen LogP contribution in [0.3, 0.4) is 0 Å². The Morgan fingerprint density at radius 1 is 1.42 bits per heavy atom. The number of carbonyl (C=O) groups excluding carboxylic acids is 1. The van der Waals surface area contributed by atoms with E-state index < -0.39 is 0 Å². The molecule has 0 saturated carbocycles. The van der Waals surface area contributed by atoms with Gasteiger partial charge in [-0.15, -0.1) is 11.8 Å². The third-order valence-electron chi connectivity index (χ3n) is 3.19. The number of fused-ring (bicyclic) bond motifs is 1. The summed E-state index contributed by atoms with van der Waals surface area (Å²) in [5, 5.41) is 0.461. The van der Waals surface area contributed by atoms with Crippen molar-refractivity contribution in [3.8, 4) is 0 Å². The van der Waals surface area contributed by atoms with Crippen LogP contribution in [0.2, 0.25) is 0 Å². The van der Waals surface area contributed by atoms with Crippen LogP contribution < -0.4 is 0 Å². The van der Waals surface area contributed by atoms with Crippen molar-refractivity contribution in [2.75, 3.05) is 0 Å². The molecule has 2 nitrogen and oxygen atoms in total. The normalized spacial score (nSPS) is 44.2. The van der Waals surface area contributed by atoms with E-state index in [1.165, 1.54) is 0 Å². The molecule has 2 heterocycles. The van der Waals surface area contributed by atoms with E-state index in [-0.39, 0.29) is 10.7 Å². The Morgan fingerprint density at radius 3 is 2.50 bits per heavy atom. The van der Waals surface area contributed by atoms with Crippen LogP contribution in [0.15, 0.2) is 0 Å². The minimum absolute atomic E-state index is 0.241. The minimum atomic E-state index is 0.241. The van der Waals surface area contributed by atoms with Crippen LogP contribution in [-0.2, 0) is 4.79 Å². The van der Waals surface area contributed by atoms with Crippen molar-refractivity contribution in [1.82, 2.24) is 4.90 Å². The highest BCUT2D eigenvalue weighted by molar-refractivity contribution is 8.01. The fourth-order valence-corrected chi connectivity index (χ4v) is 3.61. The van der Waals surface area contributed by atoms with Crippen LogP contribution in [0.5, 0.6) is 0 Å². The lowest BCUT2D eigenvalue weighted by Crippen LogP contribution is -2.58. The summed E-state index contributed by atoms with van der Waals surface area (Å²) >= 11 is 1.94. The summed E-state index contributed by atoms with van der Waals surface area (Å²) in [4.78, 5) is 13.5. The Bertz CT molecular complexity index is 239. The molecule has 3 heteroatoms. The van der Waals surface area contributed by atoms with Gasteiger partial charge in [0.2, 0.25) is 5.91 Å². The summed E-state index contributed by atoms with van der Waals surface area (Å²) in [6.07, 6.45) is 0. The molecule has 0 aliphatic carbocycles. The van der Waals surface area contributed by atoms with Crippen molar-refractivity contribution in [1.29, 1.82) is 0 Å². The Balaban J connectivity index is 2.24. The first-order chi connectivity index (χ1) is 5.45. The number of carbonyl (C=O) groups is 1. The fraction of sp³-hybridized carbons (Fsp3) is 0.889. The molecule has 0 aromatic heterocycles. The highest BCUT2D eigenvalue weighted by atomic mass is 32.2.